The molecule has 2 aliphatic carbocycles. The van der Waals surface area contributed by atoms with Gasteiger partial charge < -0.3 is 0 Å². The zero-order valence-electron chi connectivity index (χ0n) is 13.8. The molecule has 6 heteroatoms. The van der Waals surface area contributed by atoms with Crippen LogP contribution in [-0.4, -0.2) is 35.3 Å². The van der Waals surface area contributed by atoms with E-state index in [1.165, 1.54) is 4.31 Å². The van der Waals surface area contributed by atoms with Crippen LogP contribution in [0.25, 0.3) is 0 Å². The predicted molar refractivity (Wildman–Crippen MR) is 90.1 cm³/mol. The zero-order valence-corrected chi connectivity index (χ0v) is 16.2. The van der Waals surface area contributed by atoms with Crippen LogP contribution >= 0.6 is 15.9 Å². The Kier molecular flexibility index (Phi) is 3.77. The number of nitrogens with zero attached hydrogens (tertiary/aromatic N) is 1. The first kappa shape index (κ1) is 16.7. The second-order valence-corrected chi connectivity index (χ2v) is 11.3. The molecule has 1 amide bonds. The number of carbonyl (C=O) groups is 1. The van der Waals surface area contributed by atoms with Crippen LogP contribution in [0.2, 0.25) is 0 Å². The highest BCUT2D eigenvalue weighted by atomic mass is 79.9. The summed E-state index contributed by atoms with van der Waals surface area (Å²) >= 11 is 3.43. The van der Waals surface area contributed by atoms with Gasteiger partial charge in [0.1, 0.15) is 0 Å². The molecule has 3 rings (SSSR count). The molecule has 3 fully saturated rings. The van der Waals surface area contributed by atoms with Crippen molar-refractivity contribution in [3.8, 4) is 0 Å². The normalized spacial score (nSPS) is 39.3. The Labute approximate surface area is 142 Å². The minimum Gasteiger partial charge on any atom is -0.272 e. The van der Waals surface area contributed by atoms with E-state index in [0.29, 0.717) is 18.3 Å². The quantitative estimate of drug-likeness (QED) is 0.694. The molecule has 126 valence electrons. The lowest BCUT2D eigenvalue weighted by Crippen LogP contribution is -2.46. The summed E-state index contributed by atoms with van der Waals surface area (Å²) in [6.45, 7) is 8.49. The van der Waals surface area contributed by atoms with Crippen LogP contribution in [-0.2, 0) is 14.8 Å². The largest absolute Gasteiger partial charge is 0.272 e. The van der Waals surface area contributed by atoms with Crippen LogP contribution in [0.4, 0.5) is 0 Å². The summed E-state index contributed by atoms with van der Waals surface area (Å²) < 4.78 is 26.8. The van der Waals surface area contributed by atoms with Gasteiger partial charge in [-0.2, -0.15) is 0 Å². The summed E-state index contributed by atoms with van der Waals surface area (Å²) in [7, 11) is -3.49. The van der Waals surface area contributed by atoms with Crippen molar-refractivity contribution in [2.24, 2.45) is 22.7 Å². The lowest BCUT2D eigenvalue weighted by atomic mass is 9.69. The van der Waals surface area contributed by atoms with E-state index in [2.05, 4.69) is 29.8 Å². The summed E-state index contributed by atoms with van der Waals surface area (Å²) in [5, 5.41) is 0. The van der Waals surface area contributed by atoms with Crippen molar-refractivity contribution < 1.29 is 13.2 Å². The van der Waals surface area contributed by atoms with Crippen molar-refractivity contribution in [3.05, 3.63) is 0 Å². The second-order valence-electron chi connectivity index (χ2n) is 8.35. The molecule has 2 saturated carbocycles. The van der Waals surface area contributed by atoms with E-state index in [1.807, 2.05) is 13.8 Å². The van der Waals surface area contributed by atoms with Crippen LogP contribution in [0.3, 0.4) is 0 Å². The standard InChI is InChI=1S/C16H26BrNO3S/c1-10(2)7-12(17)14(19)18-13-8-11-5-6-16(13,15(11,3)4)9-22(18,20)21/h10-13H,5-9H2,1-4H3/t11-,12-,13-,16-/m0/s1. The number of alkyl halides is 1. The topological polar surface area (TPSA) is 54.5 Å². The highest BCUT2D eigenvalue weighted by Gasteiger charge is 2.72. The second kappa shape index (κ2) is 4.95. The fourth-order valence-electron chi connectivity index (χ4n) is 5.23. The molecule has 1 spiro atoms. The van der Waals surface area contributed by atoms with Crippen molar-refractivity contribution in [1.29, 1.82) is 0 Å². The van der Waals surface area contributed by atoms with Crippen LogP contribution in [0.1, 0.15) is 53.4 Å². The van der Waals surface area contributed by atoms with Crippen molar-refractivity contribution in [1.82, 2.24) is 4.31 Å². The van der Waals surface area contributed by atoms with E-state index in [-0.39, 0.29) is 28.5 Å². The number of halogens is 1. The molecule has 1 heterocycles. The lowest BCUT2D eigenvalue weighted by Gasteiger charge is -2.37. The van der Waals surface area contributed by atoms with Gasteiger partial charge in [-0.25, -0.2) is 12.7 Å². The highest BCUT2D eigenvalue weighted by Crippen LogP contribution is 2.70. The van der Waals surface area contributed by atoms with E-state index in [0.717, 1.165) is 19.3 Å². The first-order chi connectivity index (χ1) is 10.0. The Hall–Kier alpha value is -0.100. The average molecular weight is 392 g/mol. The molecule has 2 bridgehead atoms. The summed E-state index contributed by atoms with van der Waals surface area (Å²) in [4.78, 5) is 12.4. The number of fused-ring (bicyclic) bond motifs is 1. The molecule has 1 saturated heterocycles. The molecule has 1 aliphatic heterocycles. The Bertz CT molecular complexity index is 601. The first-order valence-corrected chi connectivity index (χ1v) is 10.8. The number of hydrogen-bond acceptors (Lipinski definition) is 3. The van der Waals surface area contributed by atoms with Gasteiger partial charge in [-0.15, -0.1) is 0 Å². The fraction of sp³-hybridized carbons (Fsp3) is 0.938. The number of carbonyl (C=O) groups excluding carboxylic acids is 1. The number of hydrogen-bond donors (Lipinski definition) is 0. The van der Waals surface area contributed by atoms with Gasteiger partial charge in [-0.05, 0) is 42.9 Å². The molecule has 0 N–H and O–H groups in total. The van der Waals surface area contributed by atoms with Crippen LogP contribution in [0, 0.1) is 22.7 Å². The SMILES string of the molecule is CC(C)C[C@H](Br)C(=O)N1[C@H]2C[C@@H]3CC[C@@]2(CS1(=O)=O)C3(C)C. The summed E-state index contributed by atoms with van der Waals surface area (Å²) in [5.74, 6) is 0.798. The molecule has 0 aromatic carbocycles. The van der Waals surface area contributed by atoms with E-state index in [4.69, 9.17) is 0 Å². The van der Waals surface area contributed by atoms with Crippen LogP contribution in [0.5, 0.6) is 0 Å². The third-order valence-corrected chi connectivity index (χ3v) is 9.25. The maximum absolute atomic E-state index is 12.8. The molecule has 4 nitrogen and oxygen atoms in total. The van der Waals surface area contributed by atoms with E-state index in [9.17, 15) is 13.2 Å². The molecular weight excluding hydrogens is 366 g/mol. The van der Waals surface area contributed by atoms with Gasteiger partial charge in [0.15, 0.2) is 0 Å². The maximum Gasteiger partial charge on any atom is 0.250 e. The molecule has 0 radical (unpaired) electrons. The number of amides is 1. The zero-order chi connectivity index (χ0) is 16.5. The summed E-state index contributed by atoms with van der Waals surface area (Å²) in [6, 6.07) is -0.119. The van der Waals surface area contributed by atoms with Crippen molar-refractivity contribution in [2.75, 3.05) is 5.75 Å². The van der Waals surface area contributed by atoms with E-state index >= 15 is 0 Å². The van der Waals surface area contributed by atoms with Gasteiger partial charge in [-0.1, -0.05) is 43.6 Å². The third kappa shape index (κ3) is 2.05. The van der Waals surface area contributed by atoms with Gasteiger partial charge in [0.05, 0.1) is 16.6 Å². The Morgan fingerprint density at radius 1 is 1.36 bits per heavy atom. The van der Waals surface area contributed by atoms with Gasteiger partial charge in [0.25, 0.3) is 0 Å². The van der Waals surface area contributed by atoms with Crippen molar-refractivity contribution in [2.45, 2.75) is 64.2 Å². The Balaban J connectivity index is 1.95. The smallest absolute Gasteiger partial charge is 0.250 e. The predicted octanol–water partition coefficient (Wildman–Crippen LogP) is 3.16. The molecule has 0 aromatic heterocycles. The van der Waals surface area contributed by atoms with Gasteiger partial charge in [-0.3, -0.25) is 4.79 Å². The molecule has 0 aromatic rings. The molecule has 4 atom stereocenters. The minimum atomic E-state index is -3.49. The van der Waals surface area contributed by atoms with Crippen LogP contribution in [0.15, 0.2) is 0 Å². The van der Waals surface area contributed by atoms with Gasteiger partial charge in [0.2, 0.25) is 15.9 Å². The molecule has 0 unspecified atom stereocenters. The van der Waals surface area contributed by atoms with E-state index in [1.54, 1.807) is 0 Å². The fourth-order valence-corrected chi connectivity index (χ4v) is 8.91. The summed E-state index contributed by atoms with van der Waals surface area (Å²) in [6.07, 6.45) is 3.55. The van der Waals surface area contributed by atoms with Crippen LogP contribution < -0.4 is 0 Å². The number of sulfonamides is 1. The molecule has 3 aliphatic rings. The average Bonchev–Trinajstić information content (AvgIpc) is 2.83. The monoisotopic (exact) mass is 391 g/mol. The Morgan fingerprint density at radius 2 is 2.00 bits per heavy atom. The highest BCUT2D eigenvalue weighted by molar-refractivity contribution is 9.10. The summed E-state index contributed by atoms with van der Waals surface area (Å²) in [5.41, 5.74) is -0.212. The Morgan fingerprint density at radius 3 is 2.55 bits per heavy atom. The minimum absolute atomic E-state index is 0.0135. The molecular formula is C16H26BrNO3S. The third-order valence-electron chi connectivity index (χ3n) is 6.57. The molecule has 22 heavy (non-hydrogen) atoms. The van der Waals surface area contributed by atoms with Crippen molar-refractivity contribution in [3.63, 3.8) is 0 Å². The number of rotatable bonds is 3. The van der Waals surface area contributed by atoms with Gasteiger partial charge >= 0.3 is 0 Å². The van der Waals surface area contributed by atoms with Crippen molar-refractivity contribution >= 4 is 31.9 Å². The van der Waals surface area contributed by atoms with Gasteiger partial charge in [0, 0.05) is 5.41 Å². The maximum atomic E-state index is 12.8. The van der Waals surface area contributed by atoms with E-state index < -0.39 is 14.9 Å². The lowest BCUT2D eigenvalue weighted by molar-refractivity contribution is -0.128. The first-order valence-electron chi connectivity index (χ1n) is 8.23.